The predicted molar refractivity (Wildman–Crippen MR) is 171 cm³/mol. The van der Waals surface area contributed by atoms with Gasteiger partial charge in [0, 0.05) is 19.4 Å². The van der Waals surface area contributed by atoms with Crippen LogP contribution in [0.1, 0.15) is 72.6 Å². The SMILES string of the molecule is CC(C)C[C@H](NC(=O)[C@H](CCC(=O)O)NC(=O)[C@H](C)NC(=O)[C@@H](N)CCC(N)=O)C(=O)N[C@@H](C)C(=O)N[C@@H](CCCN=C(N)N)C(=O)O. The van der Waals surface area contributed by atoms with Crippen molar-refractivity contribution in [3.8, 4) is 0 Å². The molecule has 0 aromatic carbocycles. The van der Waals surface area contributed by atoms with Crippen molar-refractivity contribution in [2.45, 2.75) is 109 Å². The van der Waals surface area contributed by atoms with Crippen LogP contribution in [-0.2, 0) is 38.4 Å². The number of hydrogen-bond acceptors (Lipinski definition) is 10. The fourth-order valence-corrected chi connectivity index (χ4v) is 4.06. The molecule has 0 spiro atoms. The Bertz CT molecular complexity index is 1190. The highest BCUT2D eigenvalue weighted by molar-refractivity contribution is 5.96. The number of rotatable bonds is 23. The average Bonchev–Trinajstić information content (AvgIpc) is 2.97. The average molecular weight is 687 g/mol. The maximum absolute atomic E-state index is 13.3. The first kappa shape index (κ1) is 43.0. The van der Waals surface area contributed by atoms with E-state index in [0.717, 1.165) is 0 Å². The van der Waals surface area contributed by atoms with Crippen LogP contribution in [0.2, 0.25) is 0 Å². The Morgan fingerprint density at radius 3 is 1.60 bits per heavy atom. The lowest BCUT2D eigenvalue weighted by Crippen LogP contribution is -2.58. The van der Waals surface area contributed by atoms with Gasteiger partial charge < -0.3 is 59.7 Å². The molecule has 20 heteroatoms. The number of carboxylic acid groups (broad SMARTS) is 2. The Balaban J connectivity index is 5.61. The van der Waals surface area contributed by atoms with Crippen molar-refractivity contribution >= 4 is 53.3 Å². The maximum atomic E-state index is 13.3. The van der Waals surface area contributed by atoms with Crippen molar-refractivity contribution in [2.24, 2.45) is 33.8 Å². The van der Waals surface area contributed by atoms with Crippen molar-refractivity contribution < 1.29 is 48.6 Å². The van der Waals surface area contributed by atoms with E-state index in [1.807, 2.05) is 0 Å². The van der Waals surface area contributed by atoms with Crippen LogP contribution in [0.25, 0.3) is 0 Å². The number of hydrogen-bond donors (Lipinski definition) is 11. The molecule has 48 heavy (non-hydrogen) atoms. The summed E-state index contributed by atoms with van der Waals surface area (Å²) in [5.41, 5.74) is 21.2. The minimum absolute atomic E-state index is 0.00159. The molecule has 0 fully saturated rings. The van der Waals surface area contributed by atoms with E-state index in [1.54, 1.807) is 13.8 Å². The zero-order valence-corrected chi connectivity index (χ0v) is 27.6. The number of nitrogens with zero attached hydrogens (tertiary/aromatic N) is 1. The zero-order chi connectivity index (χ0) is 37.1. The fraction of sp³-hybridized carbons (Fsp3) is 0.679. The van der Waals surface area contributed by atoms with E-state index >= 15 is 0 Å². The highest BCUT2D eigenvalue weighted by Gasteiger charge is 2.31. The van der Waals surface area contributed by atoms with Crippen molar-refractivity contribution in [1.29, 1.82) is 0 Å². The summed E-state index contributed by atoms with van der Waals surface area (Å²) in [6.45, 7) is 6.25. The van der Waals surface area contributed by atoms with Crippen LogP contribution in [0, 0.1) is 5.92 Å². The van der Waals surface area contributed by atoms with Gasteiger partial charge in [-0.3, -0.25) is 38.6 Å². The maximum Gasteiger partial charge on any atom is 0.326 e. The molecular weight excluding hydrogens is 636 g/mol. The van der Waals surface area contributed by atoms with Crippen LogP contribution >= 0.6 is 0 Å². The monoisotopic (exact) mass is 686 g/mol. The van der Waals surface area contributed by atoms with Crippen molar-refractivity contribution in [2.75, 3.05) is 6.54 Å². The van der Waals surface area contributed by atoms with Crippen molar-refractivity contribution in [3.05, 3.63) is 0 Å². The lowest BCUT2D eigenvalue weighted by Gasteiger charge is -2.26. The number of amides is 6. The smallest absolute Gasteiger partial charge is 0.326 e. The molecule has 0 aromatic rings. The van der Waals surface area contributed by atoms with E-state index < -0.39 is 90.1 Å². The molecule has 0 heterocycles. The Labute approximate surface area is 277 Å². The number of nitrogens with one attached hydrogen (secondary N) is 5. The third-order valence-corrected chi connectivity index (χ3v) is 6.72. The molecule has 6 atom stereocenters. The first-order valence-electron chi connectivity index (χ1n) is 15.3. The van der Waals surface area contributed by atoms with E-state index in [-0.39, 0.29) is 56.9 Å². The minimum atomic E-state index is -1.45. The van der Waals surface area contributed by atoms with Gasteiger partial charge >= 0.3 is 11.9 Å². The van der Waals surface area contributed by atoms with E-state index in [9.17, 15) is 48.6 Å². The van der Waals surface area contributed by atoms with E-state index in [1.165, 1.54) is 13.8 Å². The number of carbonyl (C=O) groups is 8. The Morgan fingerprint density at radius 2 is 1.12 bits per heavy atom. The largest absolute Gasteiger partial charge is 0.481 e. The number of carboxylic acids is 2. The summed E-state index contributed by atoms with van der Waals surface area (Å²) in [5, 5.41) is 30.6. The Kier molecular flexibility index (Phi) is 19.5. The molecule has 0 aromatic heterocycles. The lowest BCUT2D eigenvalue weighted by atomic mass is 10.0. The molecule has 0 radical (unpaired) electrons. The summed E-state index contributed by atoms with van der Waals surface area (Å²) in [7, 11) is 0. The summed E-state index contributed by atoms with van der Waals surface area (Å²) in [5.74, 6) is -7.73. The molecule has 20 nitrogen and oxygen atoms in total. The first-order chi connectivity index (χ1) is 22.2. The number of guanidine groups is 1. The van der Waals surface area contributed by atoms with Gasteiger partial charge in [-0.15, -0.1) is 0 Å². The van der Waals surface area contributed by atoms with Gasteiger partial charge in [-0.05, 0) is 51.9 Å². The van der Waals surface area contributed by atoms with Crippen LogP contribution in [-0.4, -0.2) is 106 Å². The molecule has 15 N–H and O–H groups in total. The first-order valence-corrected chi connectivity index (χ1v) is 15.3. The van der Waals surface area contributed by atoms with Gasteiger partial charge in [0.1, 0.15) is 30.2 Å². The molecule has 0 aliphatic rings. The summed E-state index contributed by atoms with van der Waals surface area (Å²) in [4.78, 5) is 102. The summed E-state index contributed by atoms with van der Waals surface area (Å²) in [6, 6.07) is -7.60. The Hall–Kier alpha value is -5.01. The highest BCUT2D eigenvalue weighted by atomic mass is 16.4. The molecule has 0 unspecified atom stereocenters. The minimum Gasteiger partial charge on any atom is -0.481 e. The fourth-order valence-electron chi connectivity index (χ4n) is 4.06. The molecule has 0 aliphatic heterocycles. The van der Waals surface area contributed by atoms with Crippen LogP contribution in [0.15, 0.2) is 4.99 Å². The molecule has 0 aliphatic carbocycles. The van der Waals surface area contributed by atoms with Crippen LogP contribution in [0.4, 0.5) is 0 Å². The highest BCUT2D eigenvalue weighted by Crippen LogP contribution is 2.08. The van der Waals surface area contributed by atoms with Gasteiger partial charge in [0.2, 0.25) is 35.4 Å². The third kappa shape index (κ3) is 18.2. The van der Waals surface area contributed by atoms with Gasteiger partial charge in [0.05, 0.1) is 6.04 Å². The number of carbonyl (C=O) groups excluding carboxylic acids is 6. The predicted octanol–water partition coefficient (Wildman–Crippen LogP) is -3.91. The van der Waals surface area contributed by atoms with E-state index in [4.69, 9.17) is 22.9 Å². The standard InChI is InChI=1S/C28H50N10O10/c1-13(2)12-19(26(46)35-15(4)23(43)37-18(27(47)48)6-5-11-33-28(31)32)38-25(45)17(8-10-21(40)41)36-22(42)14(3)34-24(44)16(29)7-9-20(30)39/h13-19H,5-12,29H2,1-4H3,(H2,30,39)(H,34,44)(H,35,46)(H,36,42)(H,37,43)(H,38,45)(H,40,41)(H,47,48)(H4,31,32,33)/t14-,15-,16-,17-,18-,19-/m0/s1. The summed E-state index contributed by atoms with van der Waals surface area (Å²) >= 11 is 0. The Morgan fingerprint density at radius 1 is 0.625 bits per heavy atom. The van der Waals surface area contributed by atoms with Gasteiger partial charge in [-0.2, -0.15) is 0 Å². The van der Waals surface area contributed by atoms with Crippen LogP contribution < -0.4 is 49.5 Å². The van der Waals surface area contributed by atoms with Gasteiger partial charge in [-0.25, -0.2) is 4.79 Å². The van der Waals surface area contributed by atoms with Crippen LogP contribution in [0.3, 0.4) is 0 Å². The zero-order valence-electron chi connectivity index (χ0n) is 27.6. The van der Waals surface area contributed by atoms with Crippen LogP contribution in [0.5, 0.6) is 0 Å². The second kappa shape index (κ2) is 21.7. The molecule has 0 saturated carbocycles. The normalized spacial score (nSPS) is 14.5. The summed E-state index contributed by atoms with van der Waals surface area (Å²) < 4.78 is 0. The van der Waals surface area contributed by atoms with Crippen molar-refractivity contribution in [3.63, 3.8) is 0 Å². The molecular formula is C28H50N10O10. The van der Waals surface area contributed by atoms with E-state index in [0.29, 0.717) is 0 Å². The van der Waals surface area contributed by atoms with Gasteiger partial charge in [0.25, 0.3) is 0 Å². The third-order valence-electron chi connectivity index (χ3n) is 6.72. The topological polar surface area (TPSA) is 354 Å². The molecule has 272 valence electrons. The van der Waals surface area contributed by atoms with Gasteiger partial charge in [0.15, 0.2) is 5.96 Å². The molecule has 0 saturated heterocycles. The van der Waals surface area contributed by atoms with Gasteiger partial charge in [-0.1, -0.05) is 13.8 Å². The van der Waals surface area contributed by atoms with Crippen molar-refractivity contribution in [1.82, 2.24) is 26.6 Å². The number of primary amides is 1. The molecule has 0 rings (SSSR count). The quantitative estimate of drug-likeness (QED) is 0.0278. The summed E-state index contributed by atoms with van der Waals surface area (Å²) in [6.07, 6.45) is -0.826. The molecule has 6 amide bonds. The number of aliphatic carboxylic acids is 2. The second-order valence-corrected chi connectivity index (χ2v) is 11.6. The van der Waals surface area contributed by atoms with E-state index in [2.05, 4.69) is 31.6 Å². The lowest BCUT2D eigenvalue weighted by molar-refractivity contribution is -0.142. The molecule has 0 bridgehead atoms. The number of nitrogens with two attached hydrogens (primary N) is 4. The second-order valence-electron chi connectivity index (χ2n) is 11.6. The number of aliphatic imine (C=N–C) groups is 1.